The summed E-state index contributed by atoms with van der Waals surface area (Å²) in [4.78, 5) is 45.8. The number of nitrogens with one attached hydrogen (secondary N) is 2. The van der Waals surface area contributed by atoms with Crippen LogP contribution in [-0.2, 0) is 9.59 Å². The minimum absolute atomic E-state index is 0.0695. The number of carbonyl (C=O) groups is 2. The Labute approximate surface area is 211 Å². The van der Waals surface area contributed by atoms with Crippen molar-refractivity contribution in [3.05, 3.63) is 88.8 Å². The maximum Gasteiger partial charge on any atom is 0.349 e. The fourth-order valence-electron chi connectivity index (χ4n) is 3.82. The van der Waals surface area contributed by atoms with Crippen LogP contribution in [0.15, 0.2) is 82.0 Å². The van der Waals surface area contributed by atoms with E-state index in [2.05, 4.69) is 20.6 Å². The Morgan fingerprint density at radius 2 is 1.65 bits per heavy atom. The van der Waals surface area contributed by atoms with Gasteiger partial charge in [0.2, 0.25) is 5.91 Å². The minimum Gasteiger partial charge on any atom is -0.484 e. The number of benzene rings is 3. The maximum absolute atomic E-state index is 12.7. The standard InChI is InChI=1S/C28H22N4O5/c1-16-7-11-19(12-8-16)30-23(34)15-36-20-13-9-18(10-14-20)26-31-25-21-5-3-4-6-22(21)37-28(35)24(25)27(32-26)29-17(2)33/h3-14H,15H2,1-2H3,(H,30,34)(H,29,31,32,33). The quantitative estimate of drug-likeness (QED) is 0.259. The van der Waals surface area contributed by atoms with Crippen molar-refractivity contribution in [1.29, 1.82) is 0 Å². The molecule has 2 N–H and O–H groups in total. The van der Waals surface area contributed by atoms with E-state index >= 15 is 0 Å². The van der Waals surface area contributed by atoms with Crippen LogP contribution in [0.2, 0.25) is 0 Å². The minimum atomic E-state index is -0.642. The van der Waals surface area contributed by atoms with Gasteiger partial charge in [-0.25, -0.2) is 14.8 Å². The highest BCUT2D eigenvalue weighted by molar-refractivity contribution is 6.08. The molecule has 9 heteroatoms. The first-order valence-electron chi connectivity index (χ1n) is 11.5. The largest absolute Gasteiger partial charge is 0.484 e. The van der Waals surface area contributed by atoms with Gasteiger partial charge in [0.1, 0.15) is 16.7 Å². The lowest BCUT2D eigenvalue weighted by Gasteiger charge is -2.11. The van der Waals surface area contributed by atoms with Gasteiger partial charge in [0.25, 0.3) is 5.91 Å². The number of aromatic nitrogens is 2. The predicted molar refractivity (Wildman–Crippen MR) is 141 cm³/mol. The number of hydrogen-bond acceptors (Lipinski definition) is 7. The summed E-state index contributed by atoms with van der Waals surface area (Å²) in [5.74, 6) is 0.190. The SMILES string of the molecule is CC(=O)Nc1nc(-c2ccc(OCC(=O)Nc3ccc(C)cc3)cc2)nc2c1c(=O)oc1ccccc12. The predicted octanol–water partition coefficient (Wildman–Crippen LogP) is 4.69. The Bertz CT molecular complexity index is 1690. The van der Waals surface area contributed by atoms with Crippen LogP contribution in [0.3, 0.4) is 0 Å². The molecule has 3 aromatic carbocycles. The Morgan fingerprint density at radius 1 is 0.919 bits per heavy atom. The van der Waals surface area contributed by atoms with Gasteiger partial charge in [0.15, 0.2) is 18.2 Å². The van der Waals surface area contributed by atoms with E-state index in [1.54, 1.807) is 42.5 Å². The molecule has 0 radical (unpaired) electrons. The lowest BCUT2D eigenvalue weighted by atomic mass is 10.1. The second-order valence-corrected chi connectivity index (χ2v) is 8.41. The molecule has 0 aliphatic rings. The first kappa shape index (κ1) is 23.7. The molecule has 2 heterocycles. The Balaban J connectivity index is 1.42. The van der Waals surface area contributed by atoms with E-state index in [0.717, 1.165) is 5.56 Å². The molecule has 0 fully saturated rings. The second kappa shape index (κ2) is 9.90. The first-order valence-corrected chi connectivity index (χ1v) is 11.5. The zero-order valence-corrected chi connectivity index (χ0v) is 20.1. The van der Waals surface area contributed by atoms with Crippen molar-refractivity contribution in [2.45, 2.75) is 13.8 Å². The molecule has 0 aliphatic carbocycles. The van der Waals surface area contributed by atoms with Crippen LogP contribution in [0.1, 0.15) is 12.5 Å². The first-order chi connectivity index (χ1) is 17.9. The molecule has 37 heavy (non-hydrogen) atoms. The molecule has 5 rings (SSSR count). The fourth-order valence-corrected chi connectivity index (χ4v) is 3.82. The zero-order chi connectivity index (χ0) is 25.9. The van der Waals surface area contributed by atoms with Crippen LogP contribution >= 0.6 is 0 Å². The number of fused-ring (bicyclic) bond motifs is 3. The molecule has 9 nitrogen and oxygen atoms in total. The van der Waals surface area contributed by atoms with Gasteiger partial charge in [-0.05, 0) is 55.5 Å². The molecule has 2 amide bonds. The number of hydrogen-bond donors (Lipinski definition) is 2. The highest BCUT2D eigenvalue weighted by Crippen LogP contribution is 2.29. The van der Waals surface area contributed by atoms with Gasteiger partial charge in [-0.15, -0.1) is 0 Å². The highest BCUT2D eigenvalue weighted by atomic mass is 16.5. The van der Waals surface area contributed by atoms with Gasteiger partial charge in [0.05, 0.1) is 5.52 Å². The fraction of sp³-hybridized carbons (Fsp3) is 0.107. The van der Waals surface area contributed by atoms with Crippen LogP contribution in [-0.4, -0.2) is 28.4 Å². The maximum atomic E-state index is 12.7. The molecule has 0 bridgehead atoms. The van der Waals surface area contributed by atoms with Crippen LogP contribution in [0.25, 0.3) is 33.3 Å². The molecular weight excluding hydrogens is 472 g/mol. The van der Waals surface area contributed by atoms with E-state index in [1.807, 2.05) is 37.3 Å². The van der Waals surface area contributed by atoms with Crippen LogP contribution in [0.4, 0.5) is 11.5 Å². The third kappa shape index (κ3) is 5.15. The molecular formula is C28H22N4O5. The van der Waals surface area contributed by atoms with E-state index in [0.29, 0.717) is 39.3 Å². The van der Waals surface area contributed by atoms with Crippen molar-refractivity contribution in [2.24, 2.45) is 0 Å². The van der Waals surface area contributed by atoms with E-state index in [1.165, 1.54) is 6.92 Å². The molecule has 0 saturated heterocycles. The molecule has 0 saturated carbocycles. The topological polar surface area (TPSA) is 123 Å². The number of ether oxygens (including phenoxy) is 1. The molecule has 184 valence electrons. The number of para-hydroxylation sites is 1. The summed E-state index contributed by atoms with van der Waals surface area (Å²) in [5, 5.41) is 6.11. The Kier molecular flexibility index (Phi) is 6.34. The zero-order valence-electron chi connectivity index (χ0n) is 20.1. The van der Waals surface area contributed by atoms with Gasteiger partial charge in [0, 0.05) is 23.6 Å². The molecule has 0 atom stereocenters. The monoisotopic (exact) mass is 494 g/mol. The van der Waals surface area contributed by atoms with Crippen molar-refractivity contribution in [1.82, 2.24) is 9.97 Å². The molecule has 0 aliphatic heterocycles. The molecule has 0 unspecified atom stereocenters. The lowest BCUT2D eigenvalue weighted by Crippen LogP contribution is -2.20. The Morgan fingerprint density at radius 3 is 2.38 bits per heavy atom. The van der Waals surface area contributed by atoms with E-state index in [4.69, 9.17) is 9.15 Å². The number of amides is 2. The van der Waals surface area contributed by atoms with E-state index in [9.17, 15) is 14.4 Å². The van der Waals surface area contributed by atoms with Crippen LogP contribution in [0.5, 0.6) is 5.75 Å². The smallest absolute Gasteiger partial charge is 0.349 e. The van der Waals surface area contributed by atoms with E-state index < -0.39 is 5.63 Å². The van der Waals surface area contributed by atoms with Crippen molar-refractivity contribution in [3.8, 4) is 17.1 Å². The third-order valence-electron chi connectivity index (χ3n) is 5.57. The summed E-state index contributed by atoms with van der Waals surface area (Å²) >= 11 is 0. The second-order valence-electron chi connectivity index (χ2n) is 8.41. The third-order valence-corrected chi connectivity index (χ3v) is 5.57. The van der Waals surface area contributed by atoms with Gasteiger partial charge in [-0.3, -0.25) is 9.59 Å². The molecule has 0 spiro atoms. The Hall–Kier alpha value is -5.05. The van der Waals surface area contributed by atoms with Crippen LogP contribution in [0, 0.1) is 6.92 Å². The summed E-state index contributed by atoms with van der Waals surface area (Å²) in [5.41, 5.74) is 2.53. The number of carbonyl (C=O) groups excluding carboxylic acids is 2. The molecule has 5 aromatic rings. The number of anilines is 2. The van der Waals surface area contributed by atoms with Gasteiger partial charge in [-0.1, -0.05) is 29.8 Å². The lowest BCUT2D eigenvalue weighted by molar-refractivity contribution is -0.118. The molecule has 2 aromatic heterocycles. The van der Waals surface area contributed by atoms with Gasteiger partial charge < -0.3 is 19.8 Å². The summed E-state index contributed by atoms with van der Waals surface area (Å²) < 4.78 is 11.0. The summed E-state index contributed by atoms with van der Waals surface area (Å²) in [6, 6.07) is 21.4. The number of nitrogens with zero attached hydrogens (tertiary/aromatic N) is 2. The van der Waals surface area contributed by atoms with E-state index in [-0.39, 0.29) is 29.6 Å². The van der Waals surface area contributed by atoms with Crippen LogP contribution < -0.4 is 21.0 Å². The average molecular weight is 495 g/mol. The average Bonchev–Trinajstić information content (AvgIpc) is 2.88. The normalized spacial score (nSPS) is 10.9. The summed E-state index contributed by atoms with van der Waals surface area (Å²) in [7, 11) is 0. The number of aryl methyl sites for hydroxylation is 1. The van der Waals surface area contributed by atoms with Crippen molar-refractivity contribution in [3.63, 3.8) is 0 Å². The highest BCUT2D eigenvalue weighted by Gasteiger charge is 2.18. The van der Waals surface area contributed by atoms with Crippen molar-refractivity contribution < 1.29 is 18.7 Å². The van der Waals surface area contributed by atoms with Crippen molar-refractivity contribution in [2.75, 3.05) is 17.2 Å². The van der Waals surface area contributed by atoms with Gasteiger partial charge in [-0.2, -0.15) is 0 Å². The summed E-state index contributed by atoms with van der Waals surface area (Å²) in [6.45, 7) is 3.15. The van der Waals surface area contributed by atoms with Crippen molar-refractivity contribution >= 4 is 45.2 Å². The number of rotatable bonds is 6. The summed E-state index contributed by atoms with van der Waals surface area (Å²) in [6.07, 6.45) is 0. The van der Waals surface area contributed by atoms with Gasteiger partial charge >= 0.3 is 5.63 Å².